The Hall–Kier alpha value is -1.18. The molecule has 0 aromatic heterocycles. The number of hydrogen-bond acceptors (Lipinski definition) is 6. The van der Waals surface area contributed by atoms with Gasteiger partial charge in [0.05, 0.1) is 6.10 Å². The Labute approximate surface area is 339 Å². The van der Waals surface area contributed by atoms with Crippen LogP contribution in [0.3, 0.4) is 0 Å². The highest BCUT2D eigenvalue weighted by atomic mass is 79.9. The van der Waals surface area contributed by atoms with Crippen molar-refractivity contribution in [1.82, 2.24) is 5.32 Å². The topological polar surface area (TPSA) is 84.9 Å². The summed E-state index contributed by atoms with van der Waals surface area (Å²) in [7, 11) is 0. The molecule has 0 aliphatic heterocycles. The minimum atomic E-state index is -0.771. The molecule has 0 amide bonds. The maximum atomic E-state index is 12.9. The molecule has 0 aliphatic rings. The van der Waals surface area contributed by atoms with Crippen LogP contribution >= 0.6 is 17.0 Å². The van der Waals surface area contributed by atoms with Crippen molar-refractivity contribution >= 4 is 28.9 Å². The van der Waals surface area contributed by atoms with Gasteiger partial charge in [0.15, 0.2) is 6.23 Å². The van der Waals surface area contributed by atoms with Crippen LogP contribution < -0.4 is 5.32 Å². The highest BCUT2D eigenvalue weighted by molar-refractivity contribution is 8.93. The normalized spacial score (nSPS) is 13.6. The van der Waals surface area contributed by atoms with Gasteiger partial charge in [-0.05, 0) is 97.8 Å². The lowest BCUT2D eigenvalue weighted by Gasteiger charge is -2.35. The van der Waals surface area contributed by atoms with Crippen LogP contribution in [0, 0.1) is 0 Å². The molecule has 0 saturated carbocycles. The van der Waals surface area contributed by atoms with Crippen LogP contribution in [0.5, 0.6) is 0 Å². The monoisotopic (exact) mass is 814 g/mol. The molecule has 0 radical (unpaired) electrons. The summed E-state index contributed by atoms with van der Waals surface area (Å²) in [6.45, 7) is 12.2. The number of ether oxygens (including phenoxy) is 2. The van der Waals surface area contributed by atoms with E-state index in [1.165, 1.54) is 116 Å². The first-order valence-corrected chi connectivity index (χ1v) is 22.3. The summed E-state index contributed by atoms with van der Waals surface area (Å²) in [5.74, 6) is -0.529. The lowest BCUT2D eigenvalue weighted by Crippen LogP contribution is -2.54. The van der Waals surface area contributed by atoms with Gasteiger partial charge in [-0.3, -0.25) is 14.9 Å². The zero-order valence-electron chi connectivity index (χ0n) is 35.7. The van der Waals surface area contributed by atoms with Gasteiger partial charge in [-0.2, -0.15) is 0 Å². The van der Waals surface area contributed by atoms with Crippen LogP contribution in [0.1, 0.15) is 234 Å². The number of nitrogens with one attached hydrogen (secondary N) is 1. The highest BCUT2D eigenvalue weighted by Gasteiger charge is 2.32. The fourth-order valence-electron chi connectivity index (χ4n) is 6.63. The first-order chi connectivity index (χ1) is 25.1. The SMILES string of the molecule is Br.CCCCCCCC/C=C\CCCCCCCC(=O)OC(C)C(NC(C)(C)CC(O)CC)OC(=O)CCCCCCC/C=C\CCCCCCCC. The molecular weight excluding hydrogens is 726 g/mol. The van der Waals surface area contributed by atoms with E-state index in [2.05, 4.69) is 43.5 Å². The number of carbonyl (C=O) groups is 2. The van der Waals surface area contributed by atoms with E-state index in [4.69, 9.17) is 9.47 Å². The van der Waals surface area contributed by atoms with E-state index in [-0.39, 0.29) is 28.9 Å². The van der Waals surface area contributed by atoms with E-state index in [0.29, 0.717) is 25.7 Å². The molecule has 0 aromatic carbocycles. The van der Waals surface area contributed by atoms with Crippen LogP contribution in [-0.4, -0.2) is 41.0 Å². The van der Waals surface area contributed by atoms with E-state index in [1.807, 2.05) is 20.8 Å². The van der Waals surface area contributed by atoms with Gasteiger partial charge < -0.3 is 14.6 Å². The second kappa shape index (κ2) is 39.1. The van der Waals surface area contributed by atoms with Crippen LogP contribution in [-0.2, 0) is 19.1 Å². The van der Waals surface area contributed by atoms with Gasteiger partial charge in [-0.25, -0.2) is 0 Å². The lowest BCUT2D eigenvalue weighted by atomic mass is 9.95. The first-order valence-electron chi connectivity index (χ1n) is 22.3. The van der Waals surface area contributed by atoms with Crippen LogP contribution in [0.2, 0.25) is 0 Å². The molecule has 0 saturated heterocycles. The molecule has 0 aromatic rings. The summed E-state index contributed by atoms with van der Waals surface area (Å²) in [5.41, 5.74) is -0.506. The average molecular weight is 815 g/mol. The highest BCUT2D eigenvalue weighted by Crippen LogP contribution is 2.19. The van der Waals surface area contributed by atoms with E-state index < -0.39 is 24.0 Å². The average Bonchev–Trinajstić information content (AvgIpc) is 3.10. The Morgan fingerprint density at radius 1 is 0.566 bits per heavy atom. The Morgan fingerprint density at radius 3 is 1.28 bits per heavy atom. The summed E-state index contributed by atoms with van der Waals surface area (Å²) < 4.78 is 11.7. The quantitative estimate of drug-likeness (QED) is 0.0279. The zero-order chi connectivity index (χ0) is 38.5. The maximum Gasteiger partial charge on any atom is 0.307 e. The summed E-state index contributed by atoms with van der Waals surface area (Å²) in [4.78, 5) is 25.7. The van der Waals surface area contributed by atoms with Crippen molar-refractivity contribution in [1.29, 1.82) is 0 Å². The third-order valence-corrected chi connectivity index (χ3v) is 10.0. The molecule has 53 heavy (non-hydrogen) atoms. The maximum absolute atomic E-state index is 12.9. The number of esters is 2. The second-order valence-electron chi connectivity index (χ2n) is 16.1. The number of unbranched alkanes of at least 4 members (excludes halogenated alkanes) is 22. The molecule has 7 heteroatoms. The fourth-order valence-corrected chi connectivity index (χ4v) is 6.63. The summed E-state index contributed by atoms with van der Waals surface area (Å²) in [5, 5.41) is 13.7. The van der Waals surface area contributed by atoms with Gasteiger partial charge in [0, 0.05) is 18.4 Å². The number of aliphatic hydroxyl groups is 1. The molecule has 314 valence electrons. The standard InChI is InChI=1S/C46H87NO5.BrH/c1-7-10-12-14-16-18-20-22-24-26-28-30-32-34-36-38-43(49)51-41(4)45(47-46(5,6)40-42(48)9-3)52-44(50)39-37-35-33-31-29-27-25-23-21-19-17-15-13-11-8-2;/h22-25,41-42,45,47-48H,7-21,26-40H2,1-6H3;1H/b24-22-,25-23-;. The minimum Gasteiger partial charge on any atom is -0.457 e. The molecule has 0 fully saturated rings. The summed E-state index contributed by atoms with van der Waals surface area (Å²) in [6.07, 6.45) is 40.9. The number of rotatable bonds is 38. The predicted molar refractivity (Wildman–Crippen MR) is 233 cm³/mol. The molecule has 0 rings (SSSR count). The molecule has 6 nitrogen and oxygen atoms in total. The Kier molecular flexibility index (Phi) is 39.7. The van der Waals surface area contributed by atoms with Crippen molar-refractivity contribution in [2.75, 3.05) is 0 Å². The third kappa shape index (κ3) is 37.5. The molecule has 3 atom stereocenters. The van der Waals surface area contributed by atoms with E-state index >= 15 is 0 Å². The van der Waals surface area contributed by atoms with Gasteiger partial charge in [0.2, 0.25) is 0 Å². The van der Waals surface area contributed by atoms with E-state index in [9.17, 15) is 14.7 Å². The van der Waals surface area contributed by atoms with E-state index in [1.54, 1.807) is 6.92 Å². The molecule has 0 aliphatic carbocycles. The number of hydrogen-bond donors (Lipinski definition) is 2. The Morgan fingerprint density at radius 2 is 0.906 bits per heavy atom. The van der Waals surface area contributed by atoms with Crippen molar-refractivity contribution in [2.45, 2.75) is 258 Å². The minimum absolute atomic E-state index is 0. The second-order valence-corrected chi connectivity index (χ2v) is 16.1. The molecule has 3 unspecified atom stereocenters. The van der Waals surface area contributed by atoms with Crippen LogP contribution in [0.15, 0.2) is 24.3 Å². The van der Waals surface area contributed by atoms with Gasteiger partial charge in [0.25, 0.3) is 0 Å². The fraction of sp³-hybridized carbons (Fsp3) is 0.870. The van der Waals surface area contributed by atoms with Gasteiger partial charge in [0.1, 0.15) is 6.10 Å². The van der Waals surface area contributed by atoms with Gasteiger partial charge >= 0.3 is 11.9 Å². The van der Waals surface area contributed by atoms with Crippen molar-refractivity contribution in [2.24, 2.45) is 0 Å². The van der Waals surface area contributed by atoms with Crippen molar-refractivity contribution in [3.05, 3.63) is 24.3 Å². The van der Waals surface area contributed by atoms with E-state index in [0.717, 1.165) is 51.4 Å². The first kappa shape index (κ1) is 53.9. The lowest BCUT2D eigenvalue weighted by molar-refractivity contribution is -0.171. The van der Waals surface area contributed by atoms with Gasteiger partial charge in [-0.15, -0.1) is 17.0 Å². The van der Waals surface area contributed by atoms with Crippen molar-refractivity contribution in [3.8, 4) is 0 Å². The van der Waals surface area contributed by atoms with Gasteiger partial charge in [-0.1, -0.05) is 148 Å². The largest absolute Gasteiger partial charge is 0.457 e. The van der Waals surface area contributed by atoms with Crippen LogP contribution in [0.25, 0.3) is 0 Å². The molecule has 2 N–H and O–H groups in total. The number of aliphatic hydroxyl groups excluding tert-OH is 1. The number of allylic oxidation sites excluding steroid dienone is 4. The third-order valence-electron chi connectivity index (χ3n) is 10.0. The smallest absolute Gasteiger partial charge is 0.307 e. The predicted octanol–water partition coefficient (Wildman–Crippen LogP) is 14.0. The Balaban J connectivity index is 0. The molecule has 0 bridgehead atoms. The van der Waals surface area contributed by atoms with Crippen molar-refractivity contribution < 1.29 is 24.2 Å². The Bertz CT molecular complexity index is 876. The molecule has 0 heterocycles. The van der Waals surface area contributed by atoms with Crippen molar-refractivity contribution in [3.63, 3.8) is 0 Å². The van der Waals surface area contributed by atoms with Crippen LogP contribution in [0.4, 0.5) is 0 Å². The molecule has 0 spiro atoms. The number of halogens is 1. The molecular formula is C46H88BrNO5. The number of carbonyl (C=O) groups excluding carboxylic acids is 2. The summed E-state index contributed by atoms with van der Waals surface area (Å²) >= 11 is 0. The summed E-state index contributed by atoms with van der Waals surface area (Å²) in [6, 6.07) is 0. The zero-order valence-corrected chi connectivity index (χ0v) is 37.5.